The molecule has 1 rings (SSSR count). The quantitative estimate of drug-likeness (QED) is 0.415. The van der Waals surface area contributed by atoms with Crippen molar-refractivity contribution in [1.82, 2.24) is 14.4 Å². The number of nitrogens with zero attached hydrogens (tertiary/aromatic N) is 3. The van der Waals surface area contributed by atoms with Gasteiger partial charge in [-0.1, -0.05) is 33.8 Å². The Bertz CT molecular complexity index is 614. The van der Waals surface area contributed by atoms with Crippen LogP contribution in [0.1, 0.15) is 38.1 Å². The van der Waals surface area contributed by atoms with Crippen molar-refractivity contribution in [2.75, 3.05) is 26.2 Å². The van der Waals surface area contributed by atoms with Gasteiger partial charge in [-0.15, -0.1) is 0 Å². The zero-order chi connectivity index (χ0) is 18.3. The summed E-state index contributed by atoms with van der Waals surface area (Å²) in [6, 6.07) is 5.40. The van der Waals surface area contributed by atoms with Crippen LogP contribution < -0.4 is 5.09 Å². The van der Waals surface area contributed by atoms with Gasteiger partial charge in [-0.2, -0.15) is 0 Å². The number of non-ortho nitro benzene ring substituents is 1. The van der Waals surface area contributed by atoms with E-state index in [4.69, 9.17) is 0 Å². The number of amides is 1. The van der Waals surface area contributed by atoms with Crippen LogP contribution in [0.5, 0.6) is 0 Å². The van der Waals surface area contributed by atoms with E-state index in [1.807, 2.05) is 27.7 Å². The summed E-state index contributed by atoms with van der Waals surface area (Å²) in [5.41, 5.74) is -0.0631. The maximum absolute atomic E-state index is 13.5. The van der Waals surface area contributed by atoms with Gasteiger partial charge in [0, 0.05) is 43.9 Å². The smallest absolute Gasteiger partial charge is 0.279 e. The first-order chi connectivity index (χ1) is 11.3. The second-order valence-electron chi connectivity index (χ2n) is 5.07. The molecule has 0 aliphatic rings. The van der Waals surface area contributed by atoms with Crippen molar-refractivity contribution in [3.63, 3.8) is 0 Å². The van der Waals surface area contributed by atoms with Gasteiger partial charge in [0.05, 0.1) is 4.92 Å². The molecule has 0 aromatic heterocycles. The molecule has 0 aliphatic carbocycles. The van der Waals surface area contributed by atoms with E-state index < -0.39 is 18.4 Å². The summed E-state index contributed by atoms with van der Waals surface area (Å²) in [6.07, 6.45) is 0. The van der Waals surface area contributed by atoms with Gasteiger partial charge in [-0.3, -0.25) is 24.6 Å². The summed E-state index contributed by atoms with van der Waals surface area (Å²) in [7, 11) is -3.30. The Balaban J connectivity index is 3.19. The molecule has 0 spiro atoms. The first-order valence-corrected chi connectivity index (χ1v) is 9.63. The van der Waals surface area contributed by atoms with Crippen LogP contribution in [0.4, 0.5) is 5.69 Å². The van der Waals surface area contributed by atoms with Crippen LogP contribution in [-0.2, 0) is 4.57 Å². The molecule has 0 radical (unpaired) electrons. The molecule has 1 aromatic carbocycles. The molecule has 134 valence electrons. The Kier molecular flexibility index (Phi) is 7.54. The second kappa shape index (κ2) is 8.92. The summed E-state index contributed by atoms with van der Waals surface area (Å²) in [5.74, 6) is -0.583. The number of hydrogen-bond donors (Lipinski definition) is 1. The molecular formula is C15H25N4O4P. The molecule has 0 fully saturated rings. The Morgan fingerprint density at radius 3 is 2.04 bits per heavy atom. The molecular weight excluding hydrogens is 331 g/mol. The molecule has 0 aliphatic heterocycles. The third kappa shape index (κ3) is 4.41. The van der Waals surface area contributed by atoms with Gasteiger partial charge in [0.25, 0.3) is 11.6 Å². The average Bonchev–Trinajstić information content (AvgIpc) is 2.56. The van der Waals surface area contributed by atoms with Crippen molar-refractivity contribution in [2.45, 2.75) is 27.7 Å². The van der Waals surface area contributed by atoms with Crippen molar-refractivity contribution < 1.29 is 14.3 Å². The van der Waals surface area contributed by atoms with Crippen molar-refractivity contribution in [3.05, 3.63) is 39.9 Å². The summed E-state index contributed by atoms with van der Waals surface area (Å²) in [4.78, 5) is 22.8. The molecule has 9 heteroatoms. The number of nitro benzene ring substituents is 1. The Labute approximate surface area is 142 Å². The topological polar surface area (TPSA) is 95.8 Å². The maximum Gasteiger partial charge on any atom is 0.310 e. The number of carbonyl (C=O) groups is 1. The predicted octanol–water partition coefficient (Wildman–Crippen LogP) is 3.12. The van der Waals surface area contributed by atoms with Crippen LogP contribution >= 0.6 is 7.59 Å². The van der Waals surface area contributed by atoms with Crippen LogP contribution in [-0.4, -0.2) is 46.4 Å². The molecule has 0 heterocycles. The summed E-state index contributed by atoms with van der Waals surface area (Å²) in [6.45, 7) is 9.55. The van der Waals surface area contributed by atoms with E-state index in [-0.39, 0.29) is 11.3 Å². The zero-order valence-electron chi connectivity index (χ0n) is 14.6. The average molecular weight is 356 g/mol. The minimum absolute atomic E-state index is 0.115. The molecule has 0 unspecified atom stereocenters. The number of nitrogens with one attached hydrogen (secondary N) is 1. The molecule has 8 nitrogen and oxygen atoms in total. The zero-order valence-corrected chi connectivity index (χ0v) is 15.5. The van der Waals surface area contributed by atoms with Crippen LogP contribution in [0.2, 0.25) is 0 Å². The van der Waals surface area contributed by atoms with Gasteiger partial charge in [-0.25, -0.2) is 9.34 Å². The highest BCUT2D eigenvalue weighted by atomic mass is 31.2. The molecule has 0 saturated carbocycles. The standard InChI is InChI=1S/C15H25N4O4P/c1-5-17(6-2)24(23,18(7-3)8-4)16-15(20)13-10-9-11-14(12-13)19(21)22/h9-12H,5-8H2,1-4H3,(H,16,20,23). The van der Waals surface area contributed by atoms with Gasteiger partial charge < -0.3 is 0 Å². The van der Waals surface area contributed by atoms with E-state index in [2.05, 4.69) is 5.09 Å². The fourth-order valence-electron chi connectivity index (χ4n) is 2.49. The lowest BCUT2D eigenvalue weighted by molar-refractivity contribution is -0.384. The van der Waals surface area contributed by atoms with Crippen LogP contribution in [0.3, 0.4) is 0 Å². The molecule has 0 saturated heterocycles. The summed E-state index contributed by atoms with van der Waals surface area (Å²) in [5, 5.41) is 13.5. The van der Waals surface area contributed by atoms with Crippen molar-refractivity contribution in [1.29, 1.82) is 0 Å². The lowest BCUT2D eigenvalue weighted by Crippen LogP contribution is -2.40. The Morgan fingerprint density at radius 1 is 1.12 bits per heavy atom. The number of rotatable bonds is 9. The van der Waals surface area contributed by atoms with E-state index in [1.54, 1.807) is 9.34 Å². The van der Waals surface area contributed by atoms with E-state index >= 15 is 0 Å². The largest absolute Gasteiger partial charge is 0.310 e. The maximum atomic E-state index is 13.5. The molecule has 1 N–H and O–H groups in total. The van der Waals surface area contributed by atoms with Crippen molar-refractivity contribution in [2.24, 2.45) is 0 Å². The molecule has 1 amide bonds. The fraction of sp³-hybridized carbons (Fsp3) is 0.533. The number of benzene rings is 1. The van der Waals surface area contributed by atoms with Gasteiger partial charge in [0.15, 0.2) is 0 Å². The highest BCUT2D eigenvalue weighted by Crippen LogP contribution is 2.48. The van der Waals surface area contributed by atoms with E-state index in [1.165, 1.54) is 24.3 Å². The summed E-state index contributed by atoms with van der Waals surface area (Å²) < 4.78 is 17.0. The lowest BCUT2D eigenvalue weighted by Gasteiger charge is -2.37. The molecule has 0 bridgehead atoms. The predicted molar refractivity (Wildman–Crippen MR) is 94.0 cm³/mol. The third-order valence-corrected chi connectivity index (χ3v) is 6.95. The minimum atomic E-state index is -3.30. The minimum Gasteiger partial charge on any atom is -0.279 e. The molecule has 24 heavy (non-hydrogen) atoms. The fourth-order valence-corrected chi connectivity index (χ4v) is 5.06. The van der Waals surface area contributed by atoms with Crippen LogP contribution in [0, 0.1) is 10.1 Å². The van der Waals surface area contributed by atoms with Crippen molar-refractivity contribution in [3.8, 4) is 0 Å². The summed E-state index contributed by atoms with van der Waals surface area (Å²) >= 11 is 0. The van der Waals surface area contributed by atoms with Crippen LogP contribution in [0.15, 0.2) is 24.3 Å². The van der Waals surface area contributed by atoms with E-state index in [0.717, 1.165) is 0 Å². The van der Waals surface area contributed by atoms with Gasteiger partial charge in [0.1, 0.15) is 0 Å². The van der Waals surface area contributed by atoms with Gasteiger partial charge in [-0.05, 0) is 6.07 Å². The lowest BCUT2D eigenvalue weighted by atomic mass is 10.2. The first-order valence-electron chi connectivity index (χ1n) is 8.01. The highest BCUT2D eigenvalue weighted by molar-refractivity contribution is 7.57. The van der Waals surface area contributed by atoms with Crippen molar-refractivity contribution >= 4 is 19.2 Å². The highest BCUT2D eigenvalue weighted by Gasteiger charge is 2.36. The van der Waals surface area contributed by atoms with E-state index in [0.29, 0.717) is 26.2 Å². The number of nitro groups is 1. The second-order valence-corrected chi connectivity index (χ2v) is 7.51. The number of hydrogen-bond acceptors (Lipinski definition) is 4. The Hall–Kier alpha value is -1.76. The molecule has 0 atom stereocenters. The monoisotopic (exact) mass is 356 g/mol. The third-order valence-electron chi connectivity index (χ3n) is 3.79. The van der Waals surface area contributed by atoms with E-state index in [9.17, 15) is 19.5 Å². The van der Waals surface area contributed by atoms with Crippen LogP contribution in [0.25, 0.3) is 0 Å². The first kappa shape index (κ1) is 20.3. The number of carbonyl (C=O) groups excluding carboxylic acids is 1. The Morgan fingerprint density at radius 2 is 1.62 bits per heavy atom. The SMILES string of the molecule is CCN(CC)P(=O)(NC(=O)c1cccc([N+](=O)[O-])c1)N(CC)CC. The van der Waals surface area contributed by atoms with Gasteiger partial charge in [0.2, 0.25) is 0 Å². The van der Waals surface area contributed by atoms with Gasteiger partial charge >= 0.3 is 7.59 Å². The normalized spacial score (nSPS) is 11.8. The molecule has 1 aromatic rings.